The first-order valence-electron chi connectivity index (χ1n) is 8.64. The van der Waals surface area contributed by atoms with Gasteiger partial charge in [0.05, 0.1) is 21.7 Å². The zero-order chi connectivity index (χ0) is 18.3. The van der Waals surface area contributed by atoms with Crippen LogP contribution >= 0.6 is 23.2 Å². The van der Waals surface area contributed by atoms with Crippen molar-refractivity contribution >= 4 is 40.7 Å². The van der Waals surface area contributed by atoms with Crippen LogP contribution in [-0.4, -0.2) is 29.8 Å². The van der Waals surface area contributed by atoms with Crippen molar-refractivity contribution < 1.29 is 9.59 Å². The zero-order valence-corrected chi connectivity index (χ0v) is 15.6. The Hall–Kier alpha value is -2.04. The highest BCUT2D eigenvalue weighted by Gasteiger charge is 2.39. The maximum Gasteiger partial charge on any atom is 0.228 e. The van der Waals surface area contributed by atoms with Gasteiger partial charge in [0.15, 0.2) is 0 Å². The minimum atomic E-state index is -0.361. The summed E-state index contributed by atoms with van der Waals surface area (Å²) in [7, 11) is 0. The first kappa shape index (κ1) is 17.4. The maximum absolute atomic E-state index is 13.0. The number of hydrogen-bond acceptors (Lipinski definition) is 2. The van der Waals surface area contributed by atoms with Crippen LogP contribution in [0.2, 0.25) is 10.0 Å². The van der Waals surface area contributed by atoms with E-state index in [1.807, 2.05) is 17.0 Å². The van der Waals surface area contributed by atoms with E-state index in [2.05, 4.69) is 12.1 Å². The smallest absolute Gasteiger partial charge is 0.228 e. The predicted molar refractivity (Wildman–Crippen MR) is 102 cm³/mol. The van der Waals surface area contributed by atoms with E-state index in [1.165, 1.54) is 11.1 Å². The van der Waals surface area contributed by atoms with Gasteiger partial charge in [-0.25, -0.2) is 0 Å². The summed E-state index contributed by atoms with van der Waals surface area (Å²) >= 11 is 12.5. The number of amides is 2. The predicted octanol–water partition coefficient (Wildman–Crippen LogP) is 3.93. The van der Waals surface area contributed by atoms with E-state index in [0.29, 0.717) is 35.4 Å². The molecule has 1 fully saturated rings. The van der Waals surface area contributed by atoms with Gasteiger partial charge in [0.2, 0.25) is 11.8 Å². The van der Waals surface area contributed by atoms with E-state index in [9.17, 15) is 9.59 Å². The highest BCUT2D eigenvalue weighted by atomic mass is 35.5. The van der Waals surface area contributed by atoms with Crippen molar-refractivity contribution in [3.8, 4) is 0 Å². The summed E-state index contributed by atoms with van der Waals surface area (Å²) in [5.41, 5.74) is 2.98. The second-order valence-corrected chi connectivity index (χ2v) is 7.57. The third-order valence-corrected chi connectivity index (χ3v) is 5.73. The van der Waals surface area contributed by atoms with Crippen molar-refractivity contribution in [2.45, 2.75) is 19.4 Å². The van der Waals surface area contributed by atoms with Crippen LogP contribution in [0.1, 0.15) is 17.5 Å². The number of nitrogens with zero attached hydrogens (tertiary/aromatic N) is 2. The molecule has 0 aliphatic carbocycles. The van der Waals surface area contributed by atoms with Crippen LogP contribution in [0.4, 0.5) is 5.69 Å². The van der Waals surface area contributed by atoms with Gasteiger partial charge in [-0.2, -0.15) is 0 Å². The van der Waals surface area contributed by atoms with Gasteiger partial charge in [-0.1, -0.05) is 53.5 Å². The molecule has 2 aliphatic heterocycles. The Morgan fingerprint density at radius 3 is 2.42 bits per heavy atom. The number of carbonyl (C=O) groups excluding carboxylic acids is 2. The van der Waals surface area contributed by atoms with E-state index in [0.717, 1.165) is 6.42 Å². The highest BCUT2D eigenvalue weighted by Crippen LogP contribution is 2.37. The lowest BCUT2D eigenvalue weighted by Crippen LogP contribution is -2.40. The van der Waals surface area contributed by atoms with Gasteiger partial charge in [-0.05, 0) is 29.7 Å². The fourth-order valence-corrected chi connectivity index (χ4v) is 4.38. The Bertz CT molecular complexity index is 864. The molecule has 0 N–H and O–H groups in total. The third kappa shape index (κ3) is 3.08. The lowest BCUT2D eigenvalue weighted by molar-refractivity contribution is -0.136. The fourth-order valence-electron chi connectivity index (χ4n) is 3.78. The topological polar surface area (TPSA) is 40.6 Å². The largest absolute Gasteiger partial charge is 0.338 e. The number of para-hydroxylation sites is 1. The summed E-state index contributed by atoms with van der Waals surface area (Å²) in [5, 5.41) is 0.844. The van der Waals surface area contributed by atoms with E-state index in [-0.39, 0.29) is 24.2 Å². The number of hydrogen-bond donors (Lipinski definition) is 0. The quantitative estimate of drug-likeness (QED) is 0.781. The van der Waals surface area contributed by atoms with Crippen molar-refractivity contribution in [2.24, 2.45) is 5.92 Å². The average molecular weight is 389 g/mol. The summed E-state index contributed by atoms with van der Waals surface area (Å²) in [6.07, 6.45) is 1.04. The number of anilines is 1. The molecule has 2 amide bonds. The van der Waals surface area contributed by atoms with Crippen molar-refractivity contribution in [2.75, 3.05) is 18.0 Å². The third-order valence-electron chi connectivity index (χ3n) is 5.12. The summed E-state index contributed by atoms with van der Waals surface area (Å²) in [4.78, 5) is 28.9. The second-order valence-electron chi connectivity index (χ2n) is 6.75. The molecule has 1 saturated heterocycles. The van der Waals surface area contributed by atoms with Gasteiger partial charge >= 0.3 is 0 Å². The summed E-state index contributed by atoms with van der Waals surface area (Å²) in [6, 6.07) is 13.3. The van der Waals surface area contributed by atoms with Crippen LogP contribution in [0.25, 0.3) is 0 Å². The van der Waals surface area contributed by atoms with Crippen molar-refractivity contribution in [1.29, 1.82) is 0 Å². The van der Waals surface area contributed by atoms with Crippen LogP contribution in [0.5, 0.6) is 0 Å². The molecule has 6 heteroatoms. The molecule has 4 nitrogen and oxygen atoms in total. The van der Waals surface area contributed by atoms with Crippen LogP contribution in [-0.2, 0) is 22.6 Å². The molecule has 26 heavy (non-hydrogen) atoms. The molecule has 0 aromatic heterocycles. The lowest BCUT2D eigenvalue weighted by atomic mass is 9.98. The first-order valence-corrected chi connectivity index (χ1v) is 9.40. The molecule has 2 aliphatic rings. The molecule has 2 aromatic rings. The second kappa shape index (κ2) is 6.93. The molecule has 2 heterocycles. The van der Waals surface area contributed by atoms with Crippen LogP contribution < -0.4 is 4.90 Å². The van der Waals surface area contributed by atoms with Crippen LogP contribution in [0.15, 0.2) is 42.5 Å². The average Bonchev–Trinajstić information content (AvgIpc) is 3.02. The van der Waals surface area contributed by atoms with Gasteiger partial charge in [0.1, 0.15) is 0 Å². The van der Waals surface area contributed by atoms with E-state index < -0.39 is 0 Å². The molecule has 134 valence electrons. The monoisotopic (exact) mass is 388 g/mol. The number of rotatable bonds is 2. The standard InChI is InChI=1S/C20H18Cl2N2O2/c21-16-6-3-7-17(22)19(16)24-12-15(10-18(24)25)20(26)23-9-8-13-4-1-2-5-14(13)11-23/h1-7,15H,8-12H2. The SMILES string of the molecule is O=C(C1CC(=O)N(c2c(Cl)cccc2Cl)C1)N1CCc2ccccc2C1. The van der Waals surface area contributed by atoms with Gasteiger partial charge in [-0.3, -0.25) is 9.59 Å². The Kier molecular flexibility index (Phi) is 4.63. The molecule has 0 spiro atoms. The minimum Gasteiger partial charge on any atom is -0.338 e. The fraction of sp³-hybridized carbons (Fsp3) is 0.300. The van der Waals surface area contributed by atoms with Gasteiger partial charge in [0, 0.05) is 26.1 Å². The van der Waals surface area contributed by atoms with E-state index in [1.54, 1.807) is 23.1 Å². The minimum absolute atomic E-state index is 0.0264. The lowest BCUT2D eigenvalue weighted by Gasteiger charge is -2.30. The van der Waals surface area contributed by atoms with E-state index >= 15 is 0 Å². The molecule has 0 bridgehead atoms. The number of fused-ring (bicyclic) bond motifs is 1. The van der Waals surface area contributed by atoms with Crippen LogP contribution in [0, 0.1) is 5.92 Å². The van der Waals surface area contributed by atoms with E-state index in [4.69, 9.17) is 23.2 Å². The first-order chi connectivity index (χ1) is 12.5. The summed E-state index contributed by atoms with van der Waals surface area (Å²) < 4.78 is 0. The molecule has 1 atom stereocenters. The van der Waals surface area contributed by atoms with Gasteiger partial charge in [0.25, 0.3) is 0 Å². The van der Waals surface area contributed by atoms with Gasteiger partial charge in [-0.15, -0.1) is 0 Å². The zero-order valence-electron chi connectivity index (χ0n) is 14.1. The Labute approximate surface area is 162 Å². The van der Waals surface area contributed by atoms with Crippen LogP contribution in [0.3, 0.4) is 0 Å². The molecule has 0 radical (unpaired) electrons. The number of benzene rings is 2. The molecular formula is C20H18Cl2N2O2. The summed E-state index contributed by atoms with van der Waals surface area (Å²) in [6.45, 7) is 1.61. The number of carbonyl (C=O) groups is 2. The maximum atomic E-state index is 13.0. The Morgan fingerprint density at radius 1 is 1.00 bits per heavy atom. The normalized spacial score (nSPS) is 19.6. The Morgan fingerprint density at radius 2 is 1.69 bits per heavy atom. The highest BCUT2D eigenvalue weighted by molar-refractivity contribution is 6.40. The molecule has 4 rings (SSSR count). The Balaban J connectivity index is 1.52. The molecule has 0 saturated carbocycles. The number of halogens is 2. The molecular weight excluding hydrogens is 371 g/mol. The van der Waals surface area contributed by atoms with Crippen molar-refractivity contribution in [3.63, 3.8) is 0 Å². The summed E-state index contributed by atoms with van der Waals surface area (Å²) in [5.74, 6) is -0.450. The van der Waals surface area contributed by atoms with Crippen molar-refractivity contribution in [1.82, 2.24) is 4.90 Å². The van der Waals surface area contributed by atoms with Crippen molar-refractivity contribution in [3.05, 3.63) is 63.6 Å². The van der Waals surface area contributed by atoms with Gasteiger partial charge < -0.3 is 9.80 Å². The molecule has 2 aromatic carbocycles. The molecule has 1 unspecified atom stereocenters.